The van der Waals surface area contributed by atoms with Gasteiger partial charge in [0, 0.05) is 39.5 Å². The van der Waals surface area contributed by atoms with Gasteiger partial charge in [-0.3, -0.25) is 4.98 Å². The van der Waals surface area contributed by atoms with Crippen molar-refractivity contribution in [1.29, 1.82) is 26.3 Å². The zero-order valence-corrected chi connectivity index (χ0v) is 38.2. The lowest BCUT2D eigenvalue weighted by Gasteiger charge is -2.19. The predicted octanol–water partition coefficient (Wildman–Crippen LogP) is 15.0. The number of nitriles is 5. The van der Waals surface area contributed by atoms with Gasteiger partial charge in [0.05, 0.1) is 85.5 Å². The van der Waals surface area contributed by atoms with Crippen molar-refractivity contribution >= 4 is 43.6 Å². The Kier molecular flexibility index (Phi) is 10.3. The summed E-state index contributed by atoms with van der Waals surface area (Å²) in [5, 5.41) is 53.5. The molecular formula is C64H34N8. The third-order valence-electron chi connectivity index (χ3n) is 13.6. The lowest BCUT2D eigenvalue weighted by molar-refractivity contribution is 1.13. The fourth-order valence-electron chi connectivity index (χ4n) is 10.0. The summed E-state index contributed by atoms with van der Waals surface area (Å²) in [5.74, 6) is 0. The van der Waals surface area contributed by atoms with Crippen molar-refractivity contribution in [1.82, 2.24) is 14.1 Å². The Hall–Kier alpha value is -10.8. The zero-order chi connectivity index (χ0) is 48.9. The van der Waals surface area contributed by atoms with Gasteiger partial charge in [0.1, 0.15) is 6.07 Å². The second-order valence-electron chi connectivity index (χ2n) is 17.6. The van der Waals surface area contributed by atoms with E-state index in [9.17, 15) is 26.3 Å². The molecular weight excluding hydrogens is 881 g/mol. The minimum Gasteiger partial charge on any atom is -0.309 e. The van der Waals surface area contributed by atoms with Gasteiger partial charge in [-0.1, -0.05) is 72.8 Å². The maximum atomic E-state index is 11.4. The third kappa shape index (κ3) is 7.17. The molecule has 3 heterocycles. The number of hydrogen-bond acceptors (Lipinski definition) is 6. The number of rotatable bonds is 7. The minimum absolute atomic E-state index is 0.465. The molecule has 8 heteroatoms. The molecule has 0 fully saturated rings. The number of pyridine rings is 1. The van der Waals surface area contributed by atoms with Crippen LogP contribution in [0.15, 0.2) is 207 Å². The summed E-state index contributed by atoms with van der Waals surface area (Å²) >= 11 is 0. The second-order valence-corrected chi connectivity index (χ2v) is 17.6. The number of hydrogen-bond donors (Lipinski definition) is 0. The first-order valence-corrected chi connectivity index (χ1v) is 23.1. The molecule has 0 radical (unpaired) electrons. The van der Waals surface area contributed by atoms with Crippen LogP contribution in [-0.2, 0) is 0 Å². The van der Waals surface area contributed by atoms with Gasteiger partial charge in [-0.25, -0.2) is 0 Å². The van der Waals surface area contributed by atoms with Crippen LogP contribution in [0, 0.1) is 56.7 Å². The molecule has 8 nitrogen and oxygen atoms in total. The Bertz CT molecular complexity index is 4160. The van der Waals surface area contributed by atoms with Crippen LogP contribution in [0.25, 0.3) is 111 Å². The van der Waals surface area contributed by atoms with Gasteiger partial charge >= 0.3 is 0 Å². The van der Waals surface area contributed by atoms with E-state index in [-0.39, 0.29) is 0 Å². The molecule has 0 bridgehead atoms. The molecule has 12 rings (SSSR count). The Balaban J connectivity index is 1.12. The van der Waals surface area contributed by atoms with Crippen LogP contribution >= 0.6 is 0 Å². The highest BCUT2D eigenvalue weighted by atomic mass is 15.0. The first-order chi connectivity index (χ1) is 35.4. The standard InChI is InChI=1S/C64H34N8/c65-35-40-1-9-44(10-2-40)49-17-21-59-55(29-49)56-30-50(45-11-3-41(36-66)4-12-45)18-22-60(56)71(59)63-34-54(48-25-27-70-28-26-48)64(33-53(63)39-69)72-61-23-19-51(46-13-5-42(37-67)6-14-46)31-57(61)58-32-52(20-24-62(58)72)47-15-7-43(38-68)8-16-47/h1-34H. The van der Waals surface area contributed by atoms with E-state index < -0.39 is 0 Å². The van der Waals surface area contributed by atoms with E-state index in [0.717, 1.165) is 105 Å². The van der Waals surface area contributed by atoms with Crippen molar-refractivity contribution in [3.05, 3.63) is 234 Å². The van der Waals surface area contributed by atoms with E-state index in [2.05, 4.69) is 123 Å². The van der Waals surface area contributed by atoms with Gasteiger partial charge in [0.2, 0.25) is 0 Å². The lowest BCUT2D eigenvalue weighted by atomic mass is 9.99. The molecule has 0 atom stereocenters. The molecule has 0 saturated carbocycles. The maximum absolute atomic E-state index is 11.4. The fraction of sp³-hybridized carbons (Fsp3) is 0. The van der Waals surface area contributed by atoms with Crippen LogP contribution in [0.4, 0.5) is 0 Å². The van der Waals surface area contributed by atoms with E-state index in [1.165, 1.54) is 0 Å². The van der Waals surface area contributed by atoms with Gasteiger partial charge < -0.3 is 9.13 Å². The highest BCUT2D eigenvalue weighted by Gasteiger charge is 2.23. The van der Waals surface area contributed by atoms with Crippen LogP contribution in [0.1, 0.15) is 27.8 Å². The Morgan fingerprint density at radius 2 is 0.583 bits per heavy atom. The molecule has 0 aliphatic rings. The summed E-state index contributed by atoms with van der Waals surface area (Å²) < 4.78 is 4.43. The van der Waals surface area contributed by atoms with Crippen molar-refractivity contribution in [2.45, 2.75) is 0 Å². The molecule has 3 aromatic heterocycles. The summed E-state index contributed by atoms with van der Waals surface area (Å²) in [6.45, 7) is 0. The van der Waals surface area contributed by atoms with Crippen molar-refractivity contribution < 1.29 is 0 Å². The lowest BCUT2D eigenvalue weighted by Crippen LogP contribution is -2.04. The summed E-state index contributed by atoms with van der Waals surface area (Å²) in [6.07, 6.45) is 3.57. The van der Waals surface area contributed by atoms with Crippen molar-refractivity contribution in [3.63, 3.8) is 0 Å². The topological polar surface area (TPSA) is 142 Å². The average Bonchev–Trinajstić information content (AvgIpc) is 3.96. The number of benzene rings is 9. The molecule has 330 valence electrons. The highest BCUT2D eigenvalue weighted by Crippen LogP contribution is 2.43. The Morgan fingerprint density at radius 3 is 0.889 bits per heavy atom. The summed E-state index contributed by atoms with van der Waals surface area (Å²) in [5.41, 5.74) is 17.7. The van der Waals surface area contributed by atoms with E-state index in [1.807, 2.05) is 115 Å². The van der Waals surface area contributed by atoms with Gasteiger partial charge in [-0.15, -0.1) is 0 Å². The van der Waals surface area contributed by atoms with E-state index in [1.54, 1.807) is 12.4 Å². The van der Waals surface area contributed by atoms with Crippen LogP contribution in [0.2, 0.25) is 0 Å². The van der Waals surface area contributed by atoms with Crippen LogP contribution in [0.3, 0.4) is 0 Å². The molecule has 0 amide bonds. The smallest absolute Gasteiger partial charge is 0.101 e. The van der Waals surface area contributed by atoms with Crippen LogP contribution in [0.5, 0.6) is 0 Å². The van der Waals surface area contributed by atoms with Gasteiger partial charge in [-0.2, -0.15) is 26.3 Å². The predicted molar refractivity (Wildman–Crippen MR) is 284 cm³/mol. The van der Waals surface area contributed by atoms with Gasteiger partial charge in [0.25, 0.3) is 0 Å². The first kappa shape index (κ1) is 42.5. The molecule has 0 saturated heterocycles. The van der Waals surface area contributed by atoms with Crippen LogP contribution < -0.4 is 0 Å². The Morgan fingerprint density at radius 1 is 0.278 bits per heavy atom. The van der Waals surface area contributed by atoms with Crippen molar-refractivity contribution in [2.24, 2.45) is 0 Å². The van der Waals surface area contributed by atoms with Crippen molar-refractivity contribution in [2.75, 3.05) is 0 Å². The molecule has 0 spiro atoms. The molecule has 0 aliphatic carbocycles. The first-order valence-electron chi connectivity index (χ1n) is 23.1. The largest absolute Gasteiger partial charge is 0.309 e. The average molecular weight is 915 g/mol. The van der Waals surface area contributed by atoms with Crippen molar-refractivity contribution in [3.8, 4) is 97.4 Å². The number of nitrogens with zero attached hydrogens (tertiary/aromatic N) is 8. The van der Waals surface area contributed by atoms with E-state index in [4.69, 9.17) is 0 Å². The highest BCUT2D eigenvalue weighted by molar-refractivity contribution is 6.14. The normalized spacial score (nSPS) is 11.0. The molecule has 9 aromatic carbocycles. The molecule has 12 aromatic rings. The summed E-state index contributed by atoms with van der Waals surface area (Å²) in [4.78, 5) is 4.40. The quantitative estimate of drug-likeness (QED) is 0.156. The summed E-state index contributed by atoms with van der Waals surface area (Å²) in [6, 6.07) is 75.6. The Labute approximate surface area is 413 Å². The molecule has 0 aliphatic heterocycles. The van der Waals surface area contributed by atoms with Gasteiger partial charge in [-0.05, 0) is 171 Å². The second kappa shape index (κ2) is 17.4. The zero-order valence-electron chi connectivity index (χ0n) is 38.2. The maximum Gasteiger partial charge on any atom is 0.101 e. The summed E-state index contributed by atoms with van der Waals surface area (Å²) in [7, 11) is 0. The molecule has 0 N–H and O–H groups in total. The van der Waals surface area contributed by atoms with Crippen LogP contribution in [-0.4, -0.2) is 14.1 Å². The number of aromatic nitrogens is 3. The third-order valence-corrected chi connectivity index (χ3v) is 13.6. The van der Waals surface area contributed by atoms with E-state index in [0.29, 0.717) is 33.5 Å². The molecule has 72 heavy (non-hydrogen) atoms. The minimum atomic E-state index is 0.465. The fourth-order valence-corrected chi connectivity index (χ4v) is 10.0. The van der Waals surface area contributed by atoms with E-state index >= 15 is 0 Å². The van der Waals surface area contributed by atoms with Gasteiger partial charge in [0.15, 0.2) is 0 Å². The number of fused-ring (bicyclic) bond motifs is 6. The monoisotopic (exact) mass is 914 g/mol. The molecule has 0 unspecified atom stereocenters. The SMILES string of the molecule is N#Cc1ccc(-c2ccc3c(c2)c2cc(-c4ccc(C#N)cc4)ccc2n3-c2cc(-c3ccncc3)c(-n3c4ccc(-c5ccc(C#N)cc5)cc4c4cc(-c5ccc(C#N)cc5)ccc43)cc2C#N)cc1.